The summed E-state index contributed by atoms with van der Waals surface area (Å²) in [4.78, 5) is 33.5. The fraction of sp³-hybridized carbons (Fsp3) is 0.667. The van der Waals surface area contributed by atoms with E-state index in [4.69, 9.17) is 29.4 Å². The number of nitrogens with two attached hydrogens (primary N) is 1. The largest absolute Gasteiger partial charge is 0.480 e. The maximum absolute atomic E-state index is 12.6. The fourth-order valence-corrected chi connectivity index (χ4v) is 6.45. The van der Waals surface area contributed by atoms with Crippen LogP contribution in [0.25, 0.3) is 0 Å². The number of ether oxygens (including phenoxy) is 2. The zero-order chi connectivity index (χ0) is 43.3. The summed E-state index contributed by atoms with van der Waals surface area (Å²) in [6, 6.07) is -1.48. The molecule has 0 fully saturated rings. The maximum Gasteiger partial charge on any atom is 0.472 e. The van der Waals surface area contributed by atoms with Crippen molar-refractivity contribution in [1.82, 2.24) is 0 Å². The second-order valence-corrected chi connectivity index (χ2v) is 16.2. The second kappa shape index (κ2) is 43.2. The number of carbonyl (C=O) groups is 2. The van der Waals surface area contributed by atoms with Gasteiger partial charge in [-0.05, 0) is 83.5 Å². The van der Waals surface area contributed by atoms with Crippen molar-refractivity contribution in [1.29, 1.82) is 0 Å². The smallest absolute Gasteiger partial charge is 0.472 e. The van der Waals surface area contributed by atoms with Crippen molar-refractivity contribution in [3.8, 4) is 0 Å². The predicted molar refractivity (Wildman–Crippen MR) is 244 cm³/mol. The summed E-state index contributed by atoms with van der Waals surface area (Å²) in [7, 11) is -4.63. The van der Waals surface area contributed by atoms with Gasteiger partial charge in [0.15, 0.2) is 0 Å². The van der Waals surface area contributed by atoms with Crippen LogP contribution in [0.4, 0.5) is 0 Å². The van der Waals surface area contributed by atoms with Crippen molar-refractivity contribution in [2.24, 2.45) is 5.73 Å². The van der Waals surface area contributed by atoms with E-state index in [1.165, 1.54) is 38.5 Å². The molecule has 11 heteroatoms. The molecule has 0 aliphatic carbocycles. The number of unbranched alkanes of at least 4 members (excludes halogenated alkanes) is 14. The molecule has 338 valence electrons. The first-order chi connectivity index (χ1) is 28.7. The number of phosphoric ester groups is 1. The van der Waals surface area contributed by atoms with Crippen molar-refractivity contribution in [3.05, 3.63) is 85.1 Å². The highest BCUT2D eigenvalue weighted by atomic mass is 31.2. The second-order valence-electron chi connectivity index (χ2n) is 14.8. The molecule has 0 spiro atoms. The number of esters is 1. The van der Waals surface area contributed by atoms with Crippen molar-refractivity contribution in [2.75, 3.05) is 26.4 Å². The Balaban J connectivity index is 4.21. The maximum atomic E-state index is 12.6. The average molecular weight is 848 g/mol. The van der Waals surface area contributed by atoms with Gasteiger partial charge in [-0.15, -0.1) is 0 Å². The highest BCUT2D eigenvalue weighted by molar-refractivity contribution is 7.47. The third kappa shape index (κ3) is 43.1. The van der Waals surface area contributed by atoms with Crippen LogP contribution in [-0.2, 0) is 32.7 Å². The van der Waals surface area contributed by atoms with E-state index in [2.05, 4.69) is 98.9 Å². The Labute approximate surface area is 358 Å². The molecule has 10 nitrogen and oxygen atoms in total. The lowest BCUT2D eigenvalue weighted by molar-refractivity contribution is -0.154. The Morgan fingerprint density at radius 2 is 0.983 bits per heavy atom. The number of phosphoric acid groups is 1. The SMILES string of the molecule is CC/C=C\C/C=C\C/C=C\C/C=C\C/C=C\CCCCCCCCCCOCC(COP(=O)(O)OCC(N)C(=O)O)OC(=O)CCCCCCC/C=C\C/C=C\CCC. The van der Waals surface area contributed by atoms with Gasteiger partial charge in [-0.1, -0.05) is 163 Å². The average Bonchev–Trinajstić information content (AvgIpc) is 3.21. The first-order valence-corrected chi connectivity index (χ1v) is 24.1. The number of carboxylic acids is 1. The van der Waals surface area contributed by atoms with Gasteiger partial charge < -0.3 is 25.2 Å². The first-order valence-electron chi connectivity index (χ1n) is 22.6. The third-order valence-corrected chi connectivity index (χ3v) is 10.1. The normalized spacial score (nSPS) is 14.6. The molecule has 0 aliphatic heterocycles. The molecule has 0 rings (SSSR count). The standard InChI is InChI=1S/C48H82NO9P/c1-3-5-7-9-11-13-15-17-18-19-20-21-22-23-24-25-26-27-29-31-33-35-37-39-41-55-42-45(43-56-59(53,54)57-44-46(49)48(51)52)58-47(50)40-38-36-34-32-30-28-16-14-12-10-8-6-4-2/h5,7-8,10-11,13-14,16-18,20-21,23-24,45-46H,3-4,6,9,12,15,19,22,25-44,49H2,1-2H3,(H,51,52)(H,53,54)/b7-5-,10-8-,13-11-,16-14-,18-17-,21-20-,24-23-. The van der Waals surface area contributed by atoms with Gasteiger partial charge in [-0.3, -0.25) is 18.6 Å². The molecule has 59 heavy (non-hydrogen) atoms. The van der Waals surface area contributed by atoms with Gasteiger partial charge in [0.05, 0.1) is 19.8 Å². The van der Waals surface area contributed by atoms with E-state index in [9.17, 15) is 19.0 Å². The van der Waals surface area contributed by atoms with Crippen LogP contribution in [0.15, 0.2) is 85.1 Å². The molecule has 0 aromatic rings. The Morgan fingerprint density at radius 3 is 1.47 bits per heavy atom. The zero-order valence-electron chi connectivity index (χ0n) is 36.8. The third-order valence-electron chi connectivity index (χ3n) is 9.14. The Bertz CT molecular complexity index is 1260. The van der Waals surface area contributed by atoms with E-state index in [1.807, 2.05) is 0 Å². The molecule has 0 radical (unpaired) electrons. The molecule has 0 bridgehead atoms. The van der Waals surface area contributed by atoms with Gasteiger partial charge in [-0.25, -0.2) is 4.57 Å². The molecule has 4 N–H and O–H groups in total. The summed E-state index contributed by atoms with van der Waals surface area (Å²) in [5.74, 6) is -1.80. The van der Waals surface area contributed by atoms with Gasteiger partial charge in [-0.2, -0.15) is 0 Å². The van der Waals surface area contributed by atoms with Crippen LogP contribution in [0, 0.1) is 0 Å². The summed E-state index contributed by atoms with van der Waals surface area (Å²) in [5, 5.41) is 8.90. The minimum Gasteiger partial charge on any atom is -0.480 e. The number of hydrogen-bond acceptors (Lipinski definition) is 8. The monoisotopic (exact) mass is 848 g/mol. The molecule has 0 aliphatic rings. The minimum absolute atomic E-state index is 0.000180. The summed E-state index contributed by atoms with van der Waals surface area (Å²) >= 11 is 0. The molecule has 0 aromatic heterocycles. The number of carboxylic acid groups (broad SMARTS) is 1. The molecule has 0 amide bonds. The molecular formula is C48H82NO9P. The molecule has 3 unspecified atom stereocenters. The number of carbonyl (C=O) groups excluding carboxylic acids is 1. The van der Waals surface area contributed by atoms with Crippen LogP contribution in [0.5, 0.6) is 0 Å². The van der Waals surface area contributed by atoms with E-state index in [0.29, 0.717) is 13.0 Å². The topological polar surface area (TPSA) is 155 Å². The van der Waals surface area contributed by atoms with Crippen LogP contribution >= 0.6 is 7.82 Å². The Kier molecular flexibility index (Phi) is 41.2. The summed E-state index contributed by atoms with van der Waals surface area (Å²) in [6.07, 6.45) is 54.9. The van der Waals surface area contributed by atoms with E-state index in [-0.39, 0.29) is 13.0 Å². The van der Waals surface area contributed by atoms with E-state index in [1.54, 1.807) is 0 Å². The van der Waals surface area contributed by atoms with Crippen molar-refractivity contribution < 1.29 is 42.7 Å². The van der Waals surface area contributed by atoms with Gasteiger partial charge in [0.25, 0.3) is 0 Å². The number of rotatable bonds is 42. The lowest BCUT2D eigenvalue weighted by Crippen LogP contribution is -2.34. The summed E-state index contributed by atoms with van der Waals surface area (Å²) in [5.41, 5.74) is 5.35. The van der Waals surface area contributed by atoms with E-state index < -0.39 is 45.1 Å². The Hall–Kier alpha value is -2.85. The molecular weight excluding hydrogens is 765 g/mol. The van der Waals surface area contributed by atoms with Crippen molar-refractivity contribution in [2.45, 2.75) is 180 Å². The highest BCUT2D eigenvalue weighted by Crippen LogP contribution is 2.43. The molecule has 0 heterocycles. The zero-order valence-corrected chi connectivity index (χ0v) is 37.7. The summed E-state index contributed by atoms with van der Waals surface area (Å²) in [6.45, 7) is 3.64. The van der Waals surface area contributed by atoms with Crippen LogP contribution in [0.3, 0.4) is 0 Å². The minimum atomic E-state index is -4.63. The highest BCUT2D eigenvalue weighted by Gasteiger charge is 2.27. The molecule has 0 saturated carbocycles. The van der Waals surface area contributed by atoms with Gasteiger partial charge in [0, 0.05) is 13.0 Å². The summed E-state index contributed by atoms with van der Waals surface area (Å²) < 4.78 is 33.3. The van der Waals surface area contributed by atoms with E-state index >= 15 is 0 Å². The number of aliphatic carboxylic acids is 1. The van der Waals surface area contributed by atoms with E-state index in [0.717, 1.165) is 103 Å². The lowest BCUT2D eigenvalue weighted by atomic mass is 10.1. The molecule has 0 saturated heterocycles. The number of hydrogen-bond donors (Lipinski definition) is 3. The quantitative estimate of drug-likeness (QED) is 0.0234. The molecule has 3 atom stereocenters. The number of allylic oxidation sites excluding steroid dienone is 14. The van der Waals surface area contributed by atoms with Gasteiger partial charge >= 0.3 is 19.8 Å². The van der Waals surface area contributed by atoms with Crippen LogP contribution in [0.1, 0.15) is 168 Å². The van der Waals surface area contributed by atoms with Crippen molar-refractivity contribution in [3.63, 3.8) is 0 Å². The van der Waals surface area contributed by atoms with Crippen molar-refractivity contribution >= 4 is 19.8 Å². The molecule has 0 aromatic carbocycles. The predicted octanol–water partition coefficient (Wildman–Crippen LogP) is 12.8. The van der Waals surface area contributed by atoms with Crippen LogP contribution in [-0.4, -0.2) is 60.5 Å². The first kappa shape index (κ1) is 56.1. The van der Waals surface area contributed by atoms with Crippen LogP contribution < -0.4 is 5.73 Å². The van der Waals surface area contributed by atoms with Gasteiger partial charge in [0.1, 0.15) is 12.1 Å². The van der Waals surface area contributed by atoms with Crippen LogP contribution in [0.2, 0.25) is 0 Å². The van der Waals surface area contributed by atoms with Gasteiger partial charge in [0.2, 0.25) is 0 Å². The Morgan fingerprint density at radius 1 is 0.559 bits per heavy atom. The lowest BCUT2D eigenvalue weighted by Gasteiger charge is -2.20. The fourth-order valence-electron chi connectivity index (χ4n) is 5.67.